The number of hydrogen-bond donors (Lipinski definition) is 1. The molecule has 0 bridgehead atoms. The van der Waals surface area contributed by atoms with E-state index in [4.69, 9.17) is 5.73 Å². The second-order valence-electron chi connectivity index (χ2n) is 3.05. The summed E-state index contributed by atoms with van der Waals surface area (Å²) in [5.41, 5.74) is 8.22. The van der Waals surface area contributed by atoms with E-state index in [-0.39, 0.29) is 6.04 Å². The van der Waals surface area contributed by atoms with Crippen molar-refractivity contribution in [2.45, 2.75) is 13.0 Å². The highest BCUT2D eigenvalue weighted by Crippen LogP contribution is 2.17. The SMILES string of the molecule is CC(N)c1ccn2ccccc12. The lowest BCUT2D eigenvalue weighted by Gasteiger charge is -2.02. The first kappa shape index (κ1) is 7.37. The molecule has 0 spiro atoms. The van der Waals surface area contributed by atoms with Crippen molar-refractivity contribution >= 4 is 5.52 Å². The molecule has 2 N–H and O–H groups in total. The number of pyridine rings is 1. The molecule has 2 aromatic heterocycles. The number of aromatic nitrogens is 1. The van der Waals surface area contributed by atoms with Gasteiger partial charge in [0.2, 0.25) is 0 Å². The molecule has 2 rings (SSSR count). The Morgan fingerprint density at radius 3 is 2.83 bits per heavy atom. The number of rotatable bonds is 1. The molecule has 2 nitrogen and oxygen atoms in total. The van der Waals surface area contributed by atoms with Gasteiger partial charge in [-0.2, -0.15) is 0 Å². The van der Waals surface area contributed by atoms with Gasteiger partial charge in [-0.25, -0.2) is 0 Å². The number of hydrogen-bond acceptors (Lipinski definition) is 1. The lowest BCUT2D eigenvalue weighted by atomic mass is 10.1. The molecule has 0 saturated carbocycles. The Labute approximate surface area is 71.6 Å². The van der Waals surface area contributed by atoms with E-state index in [0.717, 1.165) is 0 Å². The molecule has 0 aromatic carbocycles. The summed E-state index contributed by atoms with van der Waals surface area (Å²) in [6.07, 6.45) is 4.06. The minimum Gasteiger partial charge on any atom is -0.324 e. The smallest absolute Gasteiger partial charge is 0.0497 e. The van der Waals surface area contributed by atoms with E-state index in [0.29, 0.717) is 0 Å². The molecule has 2 aromatic rings. The summed E-state index contributed by atoms with van der Waals surface area (Å²) in [5, 5.41) is 0. The third-order valence-corrected chi connectivity index (χ3v) is 2.09. The molecule has 2 heterocycles. The normalized spacial score (nSPS) is 13.5. The number of fused-ring (bicyclic) bond motifs is 1. The van der Waals surface area contributed by atoms with Crippen molar-refractivity contribution in [3.8, 4) is 0 Å². The second kappa shape index (κ2) is 2.64. The van der Waals surface area contributed by atoms with Gasteiger partial charge < -0.3 is 10.1 Å². The fraction of sp³-hybridized carbons (Fsp3) is 0.200. The molecule has 2 heteroatoms. The van der Waals surface area contributed by atoms with Gasteiger partial charge in [-0.1, -0.05) is 6.07 Å². The third-order valence-electron chi connectivity index (χ3n) is 2.09. The molecule has 62 valence electrons. The summed E-state index contributed by atoms with van der Waals surface area (Å²) in [5.74, 6) is 0. The molecular weight excluding hydrogens is 148 g/mol. The van der Waals surface area contributed by atoms with E-state index in [9.17, 15) is 0 Å². The van der Waals surface area contributed by atoms with E-state index >= 15 is 0 Å². The van der Waals surface area contributed by atoms with E-state index in [1.807, 2.05) is 31.5 Å². The highest BCUT2D eigenvalue weighted by Gasteiger charge is 2.04. The van der Waals surface area contributed by atoms with Gasteiger partial charge in [-0.15, -0.1) is 0 Å². The Morgan fingerprint density at radius 1 is 1.25 bits per heavy atom. The minimum atomic E-state index is 0.109. The standard InChI is InChI=1S/C10H12N2/c1-8(11)9-5-7-12-6-3-2-4-10(9)12/h2-8H,11H2,1H3. The first-order valence-electron chi connectivity index (χ1n) is 4.10. The maximum Gasteiger partial charge on any atom is 0.0497 e. The van der Waals surface area contributed by atoms with E-state index in [1.54, 1.807) is 0 Å². The average Bonchev–Trinajstić information content (AvgIpc) is 2.47. The molecule has 12 heavy (non-hydrogen) atoms. The fourth-order valence-corrected chi connectivity index (χ4v) is 1.46. The lowest BCUT2D eigenvalue weighted by Crippen LogP contribution is -2.03. The summed E-state index contributed by atoms with van der Waals surface area (Å²) in [6, 6.07) is 8.30. The molecule has 1 unspecified atom stereocenters. The molecule has 0 radical (unpaired) electrons. The molecule has 0 aliphatic rings. The van der Waals surface area contributed by atoms with Crippen molar-refractivity contribution in [2.75, 3.05) is 0 Å². The van der Waals surface area contributed by atoms with Crippen LogP contribution in [0, 0.1) is 0 Å². The molecule has 0 aliphatic heterocycles. The Hall–Kier alpha value is -1.28. The van der Waals surface area contributed by atoms with Crippen LogP contribution >= 0.6 is 0 Å². The van der Waals surface area contributed by atoms with Crippen molar-refractivity contribution < 1.29 is 0 Å². The average molecular weight is 160 g/mol. The number of nitrogens with zero attached hydrogens (tertiary/aromatic N) is 1. The Balaban J connectivity index is 2.70. The fourth-order valence-electron chi connectivity index (χ4n) is 1.46. The van der Waals surface area contributed by atoms with Crippen LogP contribution in [0.15, 0.2) is 36.7 Å². The zero-order valence-electron chi connectivity index (χ0n) is 7.07. The Morgan fingerprint density at radius 2 is 2.08 bits per heavy atom. The Bertz CT molecular complexity index is 387. The zero-order valence-corrected chi connectivity index (χ0v) is 7.07. The predicted molar refractivity (Wildman–Crippen MR) is 50.0 cm³/mol. The van der Waals surface area contributed by atoms with Gasteiger partial charge in [0.15, 0.2) is 0 Å². The van der Waals surface area contributed by atoms with Gasteiger partial charge >= 0.3 is 0 Å². The van der Waals surface area contributed by atoms with E-state index < -0.39 is 0 Å². The van der Waals surface area contributed by atoms with Crippen molar-refractivity contribution in [1.82, 2.24) is 4.40 Å². The van der Waals surface area contributed by atoms with Crippen LogP contribution in [0.2, 0.25) is 0 Å². The van der Waals surface area contributed by atoms with Crippen LogP contribution < -0.4 is 5.73 Å². The third kappa shape index (κ3) is 1.01. The van der Waals surface area contributed by atoms with Crippen LogP contribution in [0.3, 0.4) is 0 Å². The first-order valence-corrected chi connectivity index (χ1v) is 4.10. The summed E-state index contributed by atoms with van der Waals surface area (Å²) < 4.78 is 2.08. The van der Waals surface area contributed by atoms with Crippen molar-refractivity contribution in [3.63, 3.8) is 0 Å². The van der Waals surface area contributed by atoms with Gasteiger partial charge in [0, 0.05) is 24.0 Å². The molecular formula is C10H12N2. The molecule has 0 saturated heterocycles. The largest absolute Gasteiger partial charge is 0.324 e. The van der Waals surface area contributed by atoms with Crippen LogP contribution in [0.5, 0.6) is 0 Å². The van der Waals surface area contributed by atoms with Crippen molar-refractivity contribution in [3.05, 3.63) is 42.2 Å². The highest BCUT2D eigenvalue weighted by molar-refractivity contribution is 5.56. The topological polar surface area (TPSA) is 30.4 Å². The van der Waals surface area contributed by atoms with Gasteiger partial charge in [-0.3, -0.25) is 0 Å². The number of nitrogens with two attached hydrogens (primary N) is 1. The minimum absolute atomic E-state index is 0.109. The lowest BCUT2D eigenvalue weighted by molar-refractivity contribution is 0.827. The van der Waals surface area contributed by atoms with E-state index in [1.165, 1.54) is 11.1 Å². The van der Waals surface area contributed by atoms with Crippen LogP contribution in [0.1, 0.15) is 18.5 Å². The van der Waals surface area contributed by atoms with Crippen LogP contribution in [0.25, 0.3) is 5.52 Å². The summed E-state index contributed by atoms with van der Waals surface area (Å²) in [4.78, 5) is 0. The summed E-state index contributed by atoms with van der Waals surface area (Å²) in [6.45, 7) is 2.00. The maximum absolute atomic E-state index is 5.81. The molecule has 0 fully saturated rings. The van der Waals surface area contributed by atoms with Crippen LogP contribution in [0.4, 0.5) is 0 Å². The molecule has 0 aliphatic carbocycles. The van der Waals surface area contributed by atoms with Crippen molar-refractivity contribution in [2.24, 2.45) is 5.73 Å². The van der Waals surface area contributed by atoms with Gasteiger partial charge in [0.05, 0.1) is 0 Å². The first-order chi connectivity index (χ1) is 5.79. The second-order valence-corrected chi connectivity index (χ2v) is 3.05. The monoisotopic (exact) mass is 160 g/mol. The summed E-state index contributed by atoms with van der Waals surface area (Å²) >= 11 is 0. The van der Waals surface area contributed by atoms with Crippen LogP contribution in [-0.4, -0.2) is 4.40 Å². The van der Waals surface area contributed by atoms with E-state index in [2.05, 4.69) is 16.5 Å². The van der Waals surface area contributed by atoms with Crippen LogP contribution in [-0.2, 0) is 0 Å². The molecule has 1 atom stereocenters. The van der Waals surface area contributed by atoms with Crippen molar-refractivity contribution in [1.29, 1.82) is 0 Å². The van der Waals surface area contributed by atoms with Gasteiger partial charge in [0.1, 0.15) is 0 Å². The van der Waals surface area contributed by atoms with Gasteiger partial charge in [0.25, 0.3) is 0 Å². The highest BCUT2D eigenvalue weighted by atomic mass is 14.9. The Kier molecular flexibility index (Phi) is 1.62. The predicted octanol–water partition coefficient (Wildman–Crippen LogP) is 1.96. The quantitative estimate of drug-likeness (QED) is 0.679. The summed E-state index contributed by atoms with van der Waals surface area (Å²) in [7, 11) is 0. The van der Waals surface area contributed by atoms with Gasteiger partial charge in [-0.05, 0) is 30.7 Å². The maximum atomic E-state index is 5.81. The molecule has 0 amide bonds. The zero-order chi connectivity index (χ0) is 8.55.